The Bertz CT molecular complexity index is 396. The zero-order chi connectivity index (χ0) is 14.0. The predicted molar refractivity (Wildman–Crippen MR) is 82.4 cm³/mol. The number of nitrogens with zero attached hydrogens (tertiary/aromatic N) is 1. The van der Waals surface area contributed by atoms with Crippen LogP contribution in [0.25, 0.3) is 0 Å². The van der Waals surface area contributed by atoms with Crippen molar-refractivity contribution in [2.75, 3.05) is 6.54 Å². The molecule has 19 heavy (non-hydrogen) atoms. The summed E-state index contributed by atoms with van der Waals surface area (Å²) in [6.45, 7) is 7.77. The van der Waals surface area contributed by atoms with Gasteiger partial charge in [0, 0.05) is 29.7 Å². The molecule has 1 aliphatic carbocycles. The molecule has 1 aromatic carbocycles. The van der Waals surface area contributed by atoms with Crippen LogP contribution in [0.5, 0.6) is 0 Å². The lowest BCUT2D eigenvalue weighted by Gasteiger charge is -2.38. The second-order valence-corrected chi connectivity index (χ2v) is 6.53. The van der Waals surface area contributed by atoms with Crippen LogP contribution in [0.2, 0.25) is 5.02 Å². The van der Waals surface area contributed by atoms with Crippen molar-refractivity contribution in [1.82, 2.24) is 4.90 Å². The monoisotopic (exact) mass is 280 g/mol. The first-order chi connectivity index (χ1) is 8.99. The SMILES string of the molecule is CC(N)C(c1ccc(Cl)cc1)N(CC1CC1)C(C)C. The Morgan fingerprint density at radius 3 is 2.21 bits per heavy atom. The Kier molecular flexibility index (Phi) is 4.88. The van der Waals surface area contributed by atoms with Crippen molar-refractivity contribution >= 4 is 11.6 Å². The molecule has 2 unspecified atom stereocenters. The molecule has 2 N–H and O–H groups in total. The van der Waals surface area contributed by atoms with E-state index in [4.69, 9.17) is 17.3 Å². The number of benzene rings is 1. The lowest BCUT2D eigenvalue weighted by Crippen LogP contribution is -2.44. The maximum absolute atomic E-state index is 6.27. The van der Waals surface area contributed by atoms with Gasteiger partial charge in [0.1, 0.15) is 0 Å². The number of rotatable bonds is 6. The quantitative estimate of drug-likeness (QED) is 0.858. The number of hydrogen-bond acceptors (Lipinski definition) is 2. The van der Waals surface area contributed by atoms with E-state index < -0.39 is 0 Å². The molecule has 2 nitrogen and oxygen atoms in total. The molecule has 0 aliphatic heterocycles. The molecular weight excluding hydrogens is 256 g/mol. The second-order valence-electron chi connectivity index (χ2n) is 6.09. The fraction of sp³-hybridized carbons (Fsp3) is 0.625. The van der Waals surface area contributed by atoms with Gasteiger partial charge in [-0.25, -0.2) is 0 Å². The van der Waals surface area contributed by atoms with Crippen LogP contribution >= 0.6 is 11.6 Å². The normalized spacial score (nSPS) is 18.9. The van der Waals surface area contributed by atoms with Crippen LogP contribution < -0.4 is 5.73 Å². The lowest BCUT2D eigenvalue weighted by molar-refractivity contribution is 0.129. The smallest absolute Gasteiger partial charge is 0.0499 e. The van der Waals surface area contributed by atoms with Gasteiger partial charge < -0.3 is 5.73 Å². The summed E-state index contributed by atoms with van der Waals surface area (Å²) in [6, 6.07) is 9.04. The van der Waals surface area contributed by atoms with Crippen LogP contribution in [0.15, 0.2) is 24.3 Å². The zero-order valence-electron chi connectivity index (χ0n) is 12.1. The maximum Gasteiger partial charge on any atom is 0.0499 e. The second kappa shape index (κ2) is 6.25. The van der Waals surface area contributed by atoms with Crippen molar-refractivity contribution in [1.29, 1.82) is 0 Å². The van der Waals surface area contributed by atoms with Crippen LogP contribution in [0.4, 0.5) is 0 Å². The van der Waals surface area contributed by atoms with Crippen molar-refractivity contribution in [3.63, 3.8) is 0 Å². The van der Waals surface area contributed by atoms with Gasteiger partial charge in [0.2, 0.25) is 0 Å². The summed E-state index contributed by atoms with van der Waals surface area (Å²) >= 11 is 5.99. The van der Waals surface area contributed by atoms with Gasteiger partial charge in [-0.3, -0.25) is 4.90 Å². The average Bonchev–Trinajstić information content (AvgIpc) is 3.14. The highest BCUT2D eigenvalue weighted by atomic mass is 35.5. The first-order valence-electron chi connectivity index (χ1n) is 7.26. The largest absolute Gasteiger partial charge is 0.326 e. The highest BCUT2D eigenvalue weighted by Crippen LogP contribution is 2.35. The molecule has 0 bridgehead atoms. The van der Waals surface area contributed by atoms with E-state index >= 15 is 0 Å². The molecular formula is C16H25ClN2. The summed E-state index contributed by atoms with van der Waals surface area (Å²) in [7, 11) is 0. The summed E-state index contributed by atoms with van der Waals surface area (Å²) in [6.07, 6.45) is 2.74. The van der Waals surface area contributed by atoms with Gasteiger partial charge in [-0.2, -0.15) is 0 Å². The summed E-state index contributed by atoms with van der Waals surface area (Å²) in [5.41, 5.74) is 7.54. The summed E-state index contributed by atoms with van der Waals surface area (Å²) < 4.78 is 0. The lowest BCUT2D eigenvalue weighted by atomic mass is 9.97. The summed E-state index contributed by atoms with van der Waals surface area (Å²) in [4.78, 5) is 2.55. The maximum atomic E-state index is 6.27. The summed E-state index contributed by atoms with van der Waals surface area (Å²) in [5, 5.41) is 0.783. The molecule has 1 aliphatic rings. The minimum Gasteiger partial charge on any atom is -0.326 e. The highest BCUT2D eigenvalue weighted by molar-refractivity contribution is 6.30. The molecule has 106 valence electrons. The first-order valence-corrected chi connectivity index (χ1v) is 7.63. The summed E-state index contributed by atoms with van der Waals surface area (Å²) in [5.74, 6) is 0.871. The molecule has 3 heteroatoms. The van der Waals surface area contributed by atoms with Gasteiger partial charge in [-0.1, -0.05) is 23.7 Å². The van der Waals surface area contributed by atoms with Gasteiger partial charge in [0.25, 0.3) is 0 Å². The molecule has 0 heterocycles. The molecule has 1 fully saturated rings. The Balaban J connectivity index is 2.23. The number of halogens is 1. The van der Waals surface area contributed by atoms with Crippen LogP contribution in [0, 0.1) is 5.92 Å². The number of nitrogens with two attached hydrogens (primary N) is 1. The van der Waals surface area contributed by atoms with Crippen molar-refractivity contribution < 1.29 is 0 Å². The van der Waals surface area contributed by atoms with Gasteiger partial charge in [0.15, 0.2) is 0 Å². The van der Waals surface area contributed by atoms with E-state index in [1.165, 1.54) is 18.4 Å². The van der Waals surface area contributed by atoms with E-state index in [1.54, 1.807) is 0 Å². The van der Waals surface area contributed by atoms with E-state index in [0.29, 0.717) is 6.04 Å². The molecule has 0 spiro atoms. The molecule has 2 atom stereocenters. The third-order valence-corrected chi connectivity index (χ3v) is 4.15. The van der Waals surface area contributed by atoms with Crippen molar-refractivity contribution in [2.24, 2.45) is 11.7 Å². The van der Waals surface area contributed by atoms with Gasteiger partial charge in [-0.05, 0) is 57.2 Å². The van der Waals surface area contributed by atoms with E-state index in [2.05, 4.69) is 37.8 Å². The van der Waals surface area contributed by atoms with Crippen LogP contribution in [-0.4, -0.2) is 23.5 Å². The fourth-order valence-corrected chi connectivity index (χ4v) is 2.83. The molecule has 2 rings (SSSR count). The Morgan fingerprint density at radius 2 is 1.79 bits per heavy atom. The van der Waals surface area contributed by atoms with Crippen LogP contribution in [0.3, 0.4) is 0 Å². The highest BCUT2D eigenvalue weighted by Gasteiger charge is 2.32. The molecule has 1 saturated carbocycles. The standard InChI is InChI=1S/C16H25ClN2/c1-11(2)19(10-13-4-5-13)16(12(3)18)14-6-8-15(17)9-7-14/h6-9,11-13,16H,4-5,10,18H2,1-3H3. The molecule has 0 amide bonds. The topological polar surface area (TPSA) is 29.3 Å². The van der Waals surface area contributed by atoms with Crippen LogP contribution in [0.1, 0.15) is 45.2 Å². The van der Waals surface area contributed by atoms with Crippen molar-refractivity contribution in [3.05, 3.63) is 34.9 Å². The van der Waals surface area contributed by atoms with Crippen molar-refractivity contribution in [3.8, 4) is 0 Å². The van der Waals surface area contributed by atoms with Gasteiger partial charge in [0.05, 0.1) is 0 Å². The van der Waals surface area contributed by atoms with Crippen molar-refractivity contribution in [2.45, 2.75) is 51.7 Å². The molecule has 0 radical (unpaired) electrons. The average molecular weight is 281 g/mol. The predicted octanol–water partition coefficient (Wildman–Crippen LogP) is 3.85. The Hall–Kier alpha value is -0.570. The number of hydrogen-bond donors (Lipinski definition) is 1. The zero-order valence-corrected chi connectivity index (χ0v) is 12.9. The first kappa shape index (κ1) is 14.8. The van der Waals surface area contributed by atoms with Gasteiger partial charge in [-0.15, -0.1) is 0 Å². The third-order valence-electron chi connectivity index (χ3n) is 3.90. The van der Waals surface area contributed by atoms with Gasteiger partial charge >= 0.3 is 0 Å². The molecule has 0 aromatic heterocycles. The minimum atomic E-state index is 0.113. The third kappa shape index (κ3) is 3.95. The van der Waals surface area contributed by atoms with E-state index in [0.717, 1.165) is 17.5 Å². The van der Waals surface area contributed by atoms with E-state index in [1.807, 2.05) is 12.1 Å². The van der Waals surface area contributed by atoms with Crippen LogP contribution in [-0.2, 0) is 0 Å². The minimum absolute atomic E-state index is 0.113. The fourth-order valence-electron chi connectivity index (χ4n) is 2.70. The molecule has 1 aromatic rings. The van der Waals surface area contributed by atoms with E-state index in [9.17, 15) is 0 Å². The molecule has 0 saturated heterocycles. The van der Waals surface area contributed by atoms with E-state index in [-0.39, 0.29) is 12.1 Å². The Morgan fingerprint density at radius 1 is 1.21 bits per heavy atom. The Labute approximate surface area is 121 Å².